The molecule has 0 heterocycles. The molecule has 0 atom stereocenters. The van der Waals surface area contributed by atoms with Crippen molar-refractivity contribution < 1.29 is 22.7 Å². The Morgan fingerprint density at radius 3 is 2.18 bits per heavy atom. The summed E-state index contributed by atoms with van der Waals surface area (Å²) in [4.78, 5) is 14.4. The largest absolute Gasteiger partial charge is 0.497 e. The fourth-order valence-electron chi connectivity index (χ4n) is 3.18. The van der Waals surface area contributed by atoms with Gasteiger partial charge in [-0.25, -0.2) is 13.1 Å². The summed E-state index contributed by atoms with van der Waals surface area (Å²) in [5.41, 5.74) is 1.89. The van der Waals surface area contributed by atoms with E-state index in [1.54, 1.807) is 44.5 Å². The number of rotatable bonds is 9. The van der Waals surface area contributed by atoms with Crippen LogP contribution in [-0.2, 0) is 23.1 Å². The number of halogens is 1. The Kier molecular flexibility index (Phi) is 7.97. The molecule has 0 aliphatic heterocycles. The lowest BCUT2D eigenvalue weighted by atomic mass is 10.1. The van der Waals surface area contributed by atoms with Crippen LogP contribution in [0.1, 0.15) is 21.5 Å². The Labute approximate surface area is 198 Å². The molecule has 1 amide bonds. The lowest BCUT2D eigenvalue weighted by molar-refractivity contribution is 0.0785. The minimum atomic E-state index is -3.95. The summed E-state index contributed by atoms with van der Waals surface area (Å²) >= 11 is 5.88. The quantitative estimate of drug-likeness (QED) is 0.490. The molecule has 1 N–H and O–H groups in total. The van der Waals surface area contributed by atoms with E-state index < -0.39 is 10.0 Å². The van der Waals surface area contributed by atoms with Gasteiger partial charge in [0.2, 0.25) is 10.0 Å². The first kappa shape index (κ1) is 24.6. The normalized spacial score (nSPS) is 11.2. The first-order valence-electron chi connectivity index (χ1n) is 10.0. The van der Waals surface area contributed by atoms with Gasteiger partial charge < -0.3 is 14.4 Å². The molecule has 0 aliphatic rings. The van der Waals surface area contributed by atoms with E-state index in [1.165, 1.54) is 24.1 Å². The van der Waals surface area contributed by atoms with Gasteiger partial charge in [0.15, 0.2) is 0 Å². The number of hydrogen-bond donors (Lipinski definition) is 1. The molecule has 9 heteroatoms. The van der Waals surface area contributed by atoms with Crippen LogP contribution < -0.4 is 14.2 Å². The Balaban J connectivity index is 1.79. The van der Waals surface area contributed by atoms with E-state index in [0.717, 1.165) is 16.9 Å². The number of carbonyl (C=O) groups excluding carboxylic acids is 1. The first-order chi connectivity index (χ1) is 15.7. The van der Waals surface area contributed by atoms with E-state index in [1.807, 2.05) is 24.3 Å². The van der Waals surface area contributed by atoms with Gasteiger partial charge in [0, 0.05) is 30.7 Å². The first-order valence-corrected chi connectivity index (χ1v) is 11.9. The second kappa shape index (κ2) is 10.7. The zero-order valence-electron chi connectivity index (χ0n) is 18.5. The molecule has 0 spiro atoms. The van der Waals surface area contributed by atoms with Crippen molar-refractivity contribution >= 4 is 27.5 Å². The Hall–Kier alpha value is -3.07. The highest BCUT2D eigenvalue weighted by atomic mass is 35.5. The average Bonchev–Trinajstić information content (AvgIpc) is 2.83. The van der Waals surface area contributed by atoms with Gasteiger partial charge in [0.25, 0.3) is 5.91 Å². The summed E-state index contributed by atoms with van der Waals surface area (Å²) in [7, 11) is 0.672. The lowest BCUT2D eigenvalue weighted by Crippen LogP contribution is -2.27. The number of carbonyl (C=O) groups is 1. The van der Waals surface area contributed by atoms with E-state index in [-0.39, 0.29) is 28.7 Å². The predicted octanol–water partition coefficient (Wildman–Crippen LogP) is 4.11. The molecule has 0 radical (unpaired) electrons. The van der Waals surface area contributed by atoms with Crippen LogP contribution in [0.25, 0.3) is 0 Å². The zero-order chi connectivity index (χ0) is 24.0. The van der Waals surface area contributed by atoms with E-state index >= 15 is 0 Å². The minimum absolute atomic E-state index is 0.0677. The number of methoxy groups -OCH3 is 2. The van der Waals surface area contributed by atoms with Crippen LogP contribution in [0.3, 0.4) is 0 Å². The monoisotopic (exact) mass is 488 g/mol. The standard InChI is InChI=1S/C24H25ClN2O5S/c1-27(16-18-6-11-21(31-2)12-7-18)24(28)19-8-13-22(32-3)23(14-19)33(29,30)26-15-17-4-9-20(25)10-5-17/h4-14,26H,15-16H2,1-3H3. The van der Waals surface area contributed by atoms with Crippen LogP contribution in [0.5, 0.6) is 11.5 Å². The summed E-state index contributed by atoms with van der Waals surface area (Å²) in [6, 6.07) is 18.6. The molecule has 0 aliphatic carbocycles. The topological polar surface area (TPSA) is 84.9 Å². The Morgan fingerprint density at radius 1 is 0.939 bits per heavy atom. The molecule has 3 rings (SSSR count). The van der Waals surface area contributed by atoms with Crippen LogP contribution in [0.2, 0.25) is 5.02 Å². The van der Waals surface area contributed by atoms with Crippen molar-refractivity contribution in [1.29, 1.82) is 0 Å². The molecule has 3 aromatic rings. The lowest BCUT2D eigenvalue weighted by Gasteiger charge is -2.19. The summed E-state index contributed by atoms with van der Waals surface area (Å²) in [5.74, 6) is 0.555. The third kappa shape index (κ3) is 6.25. The molecule has 0 bridgehead atoms. The van der Waals surface area contributed by atoms with Gasteiger partial charge in [0.1, 0.15) is 16.4 Å². The molecule has 0 fully saturated rings. The van der Waals surface area contributed by atoms with E-state index in [9.17, 15) is 13.2 Å². The molecular weight excluding hydrogens is 464 g/mol. The van der Waals surface area contributed by atoms with Crippen LogP contribution >= 0.6 is 11.6 Å². The maximum atomic E-state index is 13.0. The van der Waals surface area contributed by atoms with Crippen LogP contribution in [0.4, 0.5) is 0 Å². The molecule has 33 heavy (non-hydrogen) atoms. The number of amides is 1. The van der Waals surface area contributed by atoms with Gasteiger partial charge in [0.05, 0.1) is 14.2 Å². The number of nitrogens with one attached hydrogen (secondary N) is 1. The van der Waals surface area contributed by atoms with Gasteiger partial charge in [-0.2, -0.15) is 0 Å². The van der Waals surface area contributed by atoms with E-state index in [2.05, 4.69) is 4.72 Å². The zero-order valence-corrected chi connectivity index (χ0v) is 20.1. The molecular formula is C24H25ClN2O5S. The molecule has 0 saturated heterocycles. The van der Waals surface area contributed by atoms with Crippen molar-refractivity contribution in [2.24, 2.45) is 0 Å². The number of ether oxygens (including phenoxy) is 2. The van der Waals surface area contributed by atoms with Crippen LogP contribution in [-0.4, -0.2) is 40.5 Å². The summed E-state index contributed by atoms with van der Waals surface area (Å²) in [6.07, 6.45) is 0. The number of nitrogens with zero attached hydrogens (tertiary/aromatic N) is 1. The molecule has 0 aromatic heterocycles. The van der Waals surface area contributed by atoms with Gasteiger partial charge >= 0.3 is 0 Å². The second-order valence-corrected chi connectivity index (χ2v) is 9.50. The SMILES string of the molecule is COc1ccc(CN(C)C(=O)c2ccc(OC)c(S(=O)(=O)NCc3ccc(Cl)cc3)c2)cc1. The molecule has 0 unspecified atom stereocenters. The maximum Gasteiger partial charge on any atom is 0.253 e. The molecule has 0 saturated carbocycles. The summed E-state index contributed by atoms with van der Waals surface area (Å²) in [5, 5.41) is 0.563. The van der Waals surface area contributed by atoms with Crippen LogP contribution in [0.15, 0.2) is 71.6 Å². The fourth-order valence-corrected chi connectivity index (χ4v) is 4.51. The predicted molar refractivity (Wildman–Crippen MR) is 127 cm³/mol. The Morgan fingerprint density at radius 2 is 1.58 bits per heavy atom. The molecule has 3 aromatic carbocycles. The second-order valence-electron chi connectivity index (χ2n) is 7.33. The van der Waals surface area contributed by atoms with Crippen LogP contribution in [0, 0.1) is 0 Å². The maximum absolute atomic E-state index is 13.0. The Bertz CT molecular complexity index is 1210. The highest BCUT2D eigenvalue weighted by Crippen LogP contribution is 2.26. The third-order valence-corrected chi connectivity index (χ3v) is 6.68. The van der Waals surface area contributed by atoms with Gasteiger partial charge in [-0.3, -0.25) is 4.79 Å². The van der Waals surface area contributed by atoms with Gasteiger partial charge in [-0.1, -0.05) is 35.9 Å². The van der Waals surface area contributed by atoms with Crippen molar-refractivity contribution in [1.82, 2.24) is 9.62 Å². The fraction of sp³-hybridized carbons (Fsp3) is 0.208. The third-order valence-electron chi connectivity index (χ3n) is 5.01. The van der Waals surface area contributed by atoms with Crippen molar-refractivity contribution in [3.05, 3.63) is 88.4 Å². The highest BCUT2D eigenvalue weighted by molar-refractivity contribution is 7.89. The number of hydrogen-bond acceptors (Lipinski definition) is 5. The van der Waals surface area contributed by atoms with Crippen molar-refractivity contribution in [2.75, 3.05) is 21.3 Å². The highest BCUT2D eigenvalue weighted by Gasteiger charge is 2.23. The smallest absolute Gasteiger partial charge is 0.253 e. The number of sulfonamides is 1. The molecule has 7 nitrogen and oxygen atoms in total. The summed E-state index contributed by atoms with van der Waals surface area (Å²) in [6.45, 7) is 0.421. The van der Waals surface area contributed by atoms with E-state index in [4.69, 9.17) is 21.1 Å². The van der Waals surface area contributed by atoms with Gasteiger partial charge in [-0.15, -0.1) is 0 Å². The van der Waals surface area contributed by atoms with Gasteiger partial charge in [-0.05, 0) is 53.6 Å². The van der Waals surface area contributed by atoms with Crippen molar-refractivity contribution in [2.45, 2.75) is 18.0 Å². The summed E-state index contributed by atoms with van der Waals surface area (Å²) < 4.78 is 38.9. The van der Waals surface area contributed by atoms with Crippen molar-refractivity contribution in [3.8, 4) is 11.5 Å². The average molecular weight is 489 g/mol. The minimum Gasteiger partial charge on any atom is -0.497 e. The van der Waals surface area contributed by atoms with Crippen molar-refractivity contribution in [3.63, 3.8) is 0 Å². The van der Waals surface area contributed by atoms with E-state index in [0.29, 0.717) is 11.6 Å². The number of benzene rings is 3. The molecule has 174 valence electrons.